The fraction of sp³-hybridized carbons (Fsp3) is 0.750. The van der Waals surface area contributed by atoms with Crippen molar-refractivity contribution in [1.29, 1.82) is 0 Å². The van der Waals surface area contributed by atoms with Crippen molar-refractivity contribution in [3.63, 3.8) is 0 Å². The molecule has 1 heterocycles. The Balaban J connectivity index is 2.55. The van der Waals surface area contributed by atoms with Gasteiger partial charge in [0.25, 0.3) is 0 Å². The van der Waals surface area contributed by atoms with Gasteiger partial charge in [-0.2, -0.15) is 0 Å². The first-order valence-electron chi connectivity index (χ1n) is 3.47. The Hall–Kier alpha value is -0.460. The van der Waals surface area contributed by atoms with Crippen molar-refractivity contribution in [3.05, 3.63) is 12.3 Å². The Morgan fingerprint density at radius 2 is 2.11 bits per heavy atom. The van der Waals surface area contributed by atoms with Crippen LogP contribution in [0.3, 0.4) is 0 Å². The van der Waals surface area contributed by atoms with Crippen molar-refractivity contribution in [2.75, 3.05) is 6.54 Å². The molecular weight excluding hydrogens is 110 g/mol. The Morgan fingerprint density at radius 3 is 2.11 bits per heavy atom. The van der Waals surface area contributed by atoms with Gasteiger partial charge in [0.05, 0.1) is 0 Å². The molecule has 0 aliphatic carbocycles. The third-order valence-electron chi connectivity index (χ3n) is 2.14. The number of hydrogen-bond donors (Lipinski definition) is 0. The number of hydrogen-bond acceptors (Lipinski definition) is 1. The van der Waals surface area contributed by atoms with Crippen LogP contribution in [0.25, 0.3) is 0 Å². The van der Waals surface area contributed by atoms with Gasteiger partial charge in [-0.3, -0.25) is 0 Å². The van der Waals surface area contributed by atoms with Gasteiger partial charge < -0.3 is 4.90 Å². The molecule has 0 amide bonds. The molecule has 52 valence electrons. The van der Waals surface area contributed by atoms with Crippen molar-refractivity contribution >= 4 is 0 Å². The standard InChI is InChI=1S/C8H15N/c1-7(2)9-6-5-8(9,3)4/h1,5-6H2,2-4H3. The highest BCUT2D eigenvalue weighted by Gasteiger charge is 2.34. The smallest absolute Gasteiger partial charge is 0.0359 e. The highest BCUT2D eigenvalue weighted by Crippen LogP contribution is 2.32. The molecule has 0 aromatic carbocycles. The number of allylic oxidation sites excluding steroid dienone is 1. The zero-order chi connectivity index (χ0) is 7.07. The first-order valence-corrected chi connectivity index (χ1v) is 3.47. The van der Waals surface area contributed by atoms with Crippen LogP contribution < -0.4 is 0 Å². The second-order valence-electron chi connectivity index (χ2n) is 3.45. The molecule has 1 nitrogen and oxygen atoms in total. The van der Waals surface area contributed by atoms with Crippen LogP contribution in [-0.4, -0.2) is 17.0 Å². The predicted molar refractivity (Wildman–Crippen MR) is 40.2 cm³/mol. The van der Waals surface area contributed by atoms with Crippen LogP contribution in [0, 0.1) is 0 Å². The van der Waals surface area contributed by atoms with Crippen LogP contribution in [0.4, 0.5) is 0 Å². The maximum absolute atomic E-state index is 3.90. The third-order valence-corrected chi connectivity index (χ3v) is 2.14. The molecular formula is C8H15N. The minimum atomic E-state index is 0.395. The van der Waals surface area contributed by atoms with Crippen LogP contribution in [-0.2, 0) is 0 Å². The normalized spacial score (nSPS) is 23.2. The maximum Gasteiger partial charge on any atom is 0.0359 e. The average molecular weight is 125 g/mol. The summed E-state index contributed by atoms with van der Waals surface area (Å²) < 4.78 is 0. The lowest BCUT2D eigenvalue weighted by atomic mass is 9.88. The Morgan fingerprint density at radius 1 is 1.56 bits per heavy atom. The average Bonchev–Trinajstić information content (AvgIpc) is 1.62. The van der Waals surface area contributed by atoms with Crippen molar-refractivity contribution in [1.82, 2.24) is 4.90 Å². The lowest BCUT2D eigenvalue weighted by molar-refractivity contribution is 0.0547. The van der Waals surface area contributed by atoms with Gasteiger partial charge in [0.15, 0.2) is 0 Å². The van der Waals surface area contributed by atoms with E-state index in [2.05, 4.69) is 32.3 Å². The summed E-state index contributed by atoms with van der Waals surface area (Å²) in [6, 6.07) is 0. The first-order chi connectivity index (χ1) is 4.04. The quantitative estimate of drug-likeness (QED) is 0.518. The summed E-state index contributed by atoms with van der Waals surface area (Å²) in [5.41, 5.74) is 1.59. The van der Waals surface area contributed by atoms with E-state index < -0.39 is 0 Å². The van der Waals surface area contributed by atoms with Crippen LogP contribution in [0.1, 0.15) is 27.2 Å². The van der Waals surface area contributed by atoms with E-state index in [0.29, 0.717) is 5.54 Å². The first kappa shape index (κ1) is 6.66. The molecule has 0 aromatic rings. The van der Waals surface area contributed by atoms with Crippen molar-refractivity contribution in [2.45, 2.75) is 32.7 Å². The highest BCUT2D eigenvalue weighted by molar-refractivity contribution is 5.04. The molecule has 0 spiro atoms. The van der Waals surface area contributed by atoms with Gasteiger partial charge in [0.2, 0.25) is 0 Å². The summed E-state index contributed by atoms with van der Waals surface area (Å²) >= 11 is 0. The second-order valence-corrected chi connectivity index (χ2v) is 3.45. The van der Waals surface area contributed by atoms with Gasteiger partial charge in [-0.1, -0.05) is 6.58 Å². The van der Waals surface area contributed by atoms with Gasteiger partial charge in [0, 0.05) is 17.8 Å². The van der Waals surface area contributed by atoms with Crippen LogP contribution in [0.15, 0.2) is 12.3 Å². The number of rotatable bonds is 1. The number of nitrogens with zero attached hydrogens (tertiary/aromatic N) is 1. The van der Waals surface area contributed by atoms with E-state index in [0.717, 1.165) is 0 Å². The van der Waals surface area contributed by atoms with Crippen molar-refractivity contribution in [2.24, 2.45) is 0 Å². The van der Waals surface area contributed by atoms with E-state index in [1.54, 1.807) is 0 Å². The third kappa shape index (κ3) is 0.958. The molecule has 1 saturated heterocycles. The molecule has 0 radical (unpaired) electrons. The largest absolute Gasteiger partial charge is 0.370 e. The molecule has 0 aromatic heterocycles. The lowest BCUT2D eigenvalue weighted by Crippen LogP contribution is -2.54. The Kier molecular flexibility index (Phi) is 1.30. The second kappa shape index (κ2) is 1.76. The van der Waals surface area contributed by atoms with Gasteiger partial charge >= 0.3 is 0 Å². The minimum absolute atomic E-state index is 0.395. The van der Waals surface area contributed by atoms with Gasteiger partial charge in [-0.25, -0.2) is 0 Å². The van der Waals surface area contributed by atoms with E-state index in [4.69, 9.17) is 0 Å². The molecule has 0 atom stereocenters. The van der Waals surface area contributed by atoms with E-state index in [-0.39, 0.29) is 0 Å². The molecule has 9 heavy (non-hydrogen) atoms. The lowest BCUT2D eigenvalue weighted by Gasteiger charge is -2.50. The van der Waals surface area contributed by atoms with Crippen molar-refractivity contribution < 1.29 is 0 Å². The topological polar surface area (TPSA) is 3.24 Å². The fourth-order valence-corrected chi connectivity index (χ4v) is 1.38. The van der Waals surface area contributed by atoms with E-state index >= 15 is 0 Å². The molecule has 0 saturated carbocycles. The molecule has 0 N–H and O–H groups in total. The van der Waals surface area contributed by atoms with Crippen LogP contribution >= 0.6 is 0 Å². The van der Waals surface area contributed by atoms with Gasteiger partial charge in [-0.05, 0) is 27.2 Å². The summed E-state index contributed by atoms with van der Waals surface area (Å²) in [6.45, 7) is 11.7. The summed E-state index contributed by atoms with van der Waals surface area (Å²) in [4.78, 5) is 2.34. The summed E-state index contributed by atoms with van der Waals surface area (Å²) in [5, 5.41) is 0. The van der Waals surface area contributed by atoms with Crippen molar-refractivity contribution in [3.8, 4) is 0 Å². The molecule has 0 unspecified atom stereocenters. The van der Waals surface area contributed by atoms with Gasteiger partial charge in [-0.15, -0.1) is 0 Å². The van der Waals surface area contributed by atoms with E-state index in [9.17, 15) is 0 Å². The fourth-order valence-electron chi connectivity index (χ4n) is 1.38. The Labute approximate surface area is 57.4 Å². The molecule has 1 aliphatic heterocycles. The minimum Gasteiger partial charge on any atom is -0.370 e. The molecule has 1 aliphatic rings. The summed E-state index contributed by atoms with van der Waals surface area (Å²) in [7, 11) is 0. The highest BCUT2D eigenvalue weighted by atomic mass is 15.2. The Bertz CT molecular complexity index is 136. The molecule has 1 fully saturated rings. The molecule has 0 bridgehead atoms. The predicted octanol–water partition coefficient (Wildman–Crippen LogP) is 2.00. The number of likely N-dealkylation sites (tertiary alicyclic amines) is 1. The van der Waals surface area contributed by atoms with E-state index in [1.165, 1.54) is 18.7 Å². The summed E-state index contributed by atoms with van der Waals surface area (Å²) in [6.07, 6.45) is 1.31. The zero-order valence-electron chi connectivity index (χ0n) is 6.57. The SMILES string of the molecule is C=C(C)N1CCC1(C)C. The zero-order valence-corrected chi connectivity index (χ0v) is 6.57. The van der Waals surface area contributed by atoms with E-state index in [1.807, 2.05) is 0 Å². The monoisotopic (exact) mass is 125 g/mol. The van der Waals surface area contributed by atoms with Crippen LogP contribution in [0.5, 0.6) is 0 Å². The summed E-state index contributed by atoms with van der Waals surface area (Å²) in [5.74, 6) is 0. The molecule has 1 rings (SSSR count). The maximum atomic E-state index is 3.90. The molecule has 1 heteroatoms. The van der Waals surface area contributed by atoms with Gasteiger partial charge in [0.1, 0.15) is 0 Å². The van der Waals surface area contributed by atoms with Crippen LogP contribution in [0.2, 0.25) is 0 Å².